The third-order valence-electron chi connectivity index (χ3n) is 3.93. The molecule has 5 nitrogen and oxygen atoms in total. The van der Waals surface area contributed by atoms with Crippen LogP contribution in [0.2, 0.25) is 0 Å². The van der Waals surface area contributed by atoms with Crippen molar-refractivity contribution in [3.63, 3.8) is 0 Å². The van der Waals surface area contributed by atoms with Gasteiger partial charge in [-0.05, 0) is 37.1 Å². The number of rotatable bonds is 2. The predicted molar refractivity (Wildman–Crippen MR) is 88.7 cm³/mol. The van der Waals surface area contributed by atoms with Crippen LogP contribution in [0, 0.1) is 0 Å². The Morgan fingerprint density at radius 2 is 2.18 bits per heavy atom. The molecule has 1 aromatic heterocycles. The van der Waals surface area contributed by atoms with E-state index in [-0.39, 0.29) is 17.9 Å². The maximum Gasteiger partial charge on any atom is 0.270 e. The molecule has 1 aliphatic heterocycles. The Morgan fingerprint density at radius 3 is 2.95 bits per heavy atom. The molecular weight excluding hydrogens is 346 g/mol. The molecule has 0 spiro atoms. The standard InChI is InChI=1S/C16H18BrN3O2/c1-10(21)18-13-3-2-6-20(9-13)16(22)15-8-11-7-12(17)4-5-14(11)19-15/h4-5,7-8,13,19H,2-3,6,9H2,1H3,(H,18,21). The van der Waals surface area contributed by atoms with E-state index in [9.17, 15) is 9.59 Å². The highest BCUT2D eigenvalue weighted by molar-refractivity contribution is 9.10. The van der Waals surface area contributed by atoms with Gasteiger partial charge in [0, 0.05) is 41.4 Å². The smallest absolute Gasteiger partial charge is 0.270 e. The zero-order valence-electron chi connectivity index (χ0n) is 12.4. The van der Waals surface area contributed by atoms with Gasteiger partial charge in [0.15, 0.2) is 0 Å². The zero-order chi connectivity index (χ0) is 15.7. The van der Waals surface area contributed by atoms with Gasteiger partial charge in [-0.1, -0.05) is 15.9 Å². The molecule has 0 radical (unpaired) electrons. The van der Waals surface area contributed by atoms with Crippen molar-refractivity contribution in [2.75, 3.05) is 13.1 Å². The summed E-state index contributed by atoms with van der Waals surface area (Å²) >= 11 is 3.44. The summed E-state index contributed by atoms with van der Waals surface area (Å²) in [5.74, 6) is -0.0582. The van der Waals surface area contributed by atoms with Gasteiger partial charge in [-0.15, -0.1) is 0 Å². The molecule has 1 aliphatic rings. The normalized spacial score (nSPS) is 18.5. The number of carbonyl (C=O) groups excluding carboxylic acids is 2. The summed E-state index contributed by atoms with van der Waals surface area (Å²) in [6.45, 7) is 2.81. The van der Waals surface area contributed by atoms with E-state index in [1.165, 1.54) is 6.92 Å². The average Bonchev–Trinajstić information content (AvgIpc) is 2.89. The van der Waals surface area contributed by atoms with Crippen LogP contribution in [0.1, 0.15) is 30.3 Å². The van der Waals surface area contributed by atoms with Gasteiger partial charge in [-0.2, -0.15) is 0 Å². The molecular formula is C16H18BrN3O2. The minimum atomic E-state index is -0.0465. The lowest BCUT2D eigenvalue weighted by molar-refractivity contribution is -0.120. The van der Waals surface area contributed by atoms with Gasteiger partial charge in [-0.25, -0.2) is 0 Å². The molecule has 1 fully saturated rings. The van der Waals surface area contributed by atoms with Crippen molar-refractivity contribution >= 4 is 38.6 Å². The highest BCUT2D eigenvalue weighted by atomic mass is 79.9. The number of hydrogen-bond acceptors (Lipinski definition) is 2. The Balaban J connectivity index is 1.78. The summed E-state index contributed by atoms with van der Waals surface area (Å²) in [5.41, 5.74) is 1.54. The fourth-order valence-corrected chi connectivity index (χ4v) is 3.33. The molecule has 1 atom stereocenters. The summed E-state index contributed by atoms with van der Waals surface area (Å²) in [6, 6.07) is 7.81. The van der Waals surface area contributed by atoms with E-state index in [1.54, 1.807) is 0 Å². The Kier molecular flexibility index (Phi) is 4.20. The molecule has 2 heterocycles. The van der Waals surface area contributed by atoms with Crippen molar-refractivity contribution in [2.45, 2.75) is 25.8 Å². The molecule has 0 saturated carbocycles. The minimum Gasteiger partial charge on any atom is -0.352 e. The molecule has 1 aromatic carbocycles. The van der Waals surface area contributed by atoms with Crippen LogP contribution in [-0.2, 0) is 4.79 Å². The lowest BCUT2D eigenvalue weighted by atomic mass is 10.1. The fourth-order valence-electron chi connectivity index (χ4n) is 2.96. The number of halogens is 1. The lowest BCUT2D eigenvalue weighted by Gasteiger charge is -2.32. The second-order valence-electron chi connectivity index (χ2n) is 5.71. The minimum absolute atomic E-state index is 0.0117. The molecule has 0 aliphatic carbocycles. The number of aromatic nitrogens is 1. The van der Waals surface area contributed by atoms with Gasteiger partial charge >= 0.3 is 0 Å². The van der Waals surface area contributed by atoms with Crippen LogP contribution in [0.4, 0.5) is 0 Å². The van der Waals surface area contributed by atoms with Crippen molar-refractivity contribution in [2.24, 2.45) is 0 Å². The molecule has 22 heavy (non-hydrogen) atoms. The highest BCUT2D eigenvalue weighted by Gasteiger charge is 2.25. The van der Waals surface area contributed by atoms with Gasteiger partial charge in [0.1, 0.15) is 5.69 Å². The van der Waals surface area contributed by atoms with Crippen molar-refractivity contribution in [3.05, 3.63) is 34.4 Å². The maximum atomic E-state index is 12.7. The van der Waals surface area contributed by atoms with Gasteiger partial charge in [-0.3, -0.25) is 9.59 Å². The number of likely N-dealkylation sites (tertiary alicyclic amines) is 1. The Bertz CT molecular complexity index is 725. The number of carbonyl (C=O) groups is 2. The SMILES string of the molecule is CC(=O)NC1CCCN(C(=O)c2cc3cc(Br)ccc3[nH]2)C1. The van der Waals surface area contributed by atoms with Crippen LogP contribution < -0.4 is 5.32 Å². The first-order valence-electron chi connectivity index (χ1n) is 7.37. The van der Waals surface area contributed by atoms with E-state index in [2.05, 4.69) is 26.2 Å². The van der Waals surface area contributed by atoms with Crippen LogP contribution in [0.3, 0.4) is 0 Å². The molecule has 116 valence electrons. The third kappa shape index (κ3) is 3.16. The first-order valence-corrected chi connectivity index (χ1v) is 8.17. The number of fused-ring (bicyclic) bond motifs is 1. The van der Waals surface area contributed by atoms with E-state index >= 15 is 0 Å². The predicted octanol–water partition coefficient (Wildman–Crippen LogP) is 2.67. The number of aromatic amines is 1. The second kappa shape index (κ2) is 6.12. The van der Waals surface area contributed by atoms with Crippen molar-refractivity contribution in [1.29, 1.82) is 0 Å². The van der Waals surface area contributed by atoms with E-state index in [0.717, 1.165) is 34.8 Å². The summed E-state index contributed by atoms with van der Waals surface area (Å²) in [5, 5.41) is 3.91. The Labute approximate surface area is 137 Å². The van der Waals surface area contributed by atoms with Gasteiger partial charge in [0.25, 0.3) is 5.91 Å². The molecule has 0 bridgehead atoms. The largest absolute Gasteiger partial charge is 0.352 e. The van der Waals surface area contributed by atoms with Crippen molar-refractivity contribution in [3.8, 4) is 0 Å². The third-order valence-corrected chi connectivity index (χ3v) is 4.42. The number of nitrogens with zero attached hydrogens (tertiary/aromatic N) is 1. The summed E-state index contributed by atoms with van der Waals surface area (Å²) in [4.78, 5) is 28.8. The molecule has 2 N–H and O–H groups in total. The average molecular weight is 364 g/mol. The number of amides is 2. The van der Waals surface area contributed by atoms with Crippen molar-refractivity contribution in [1.82, 2.24) is 15.2 Å². The first-order chi connectivity index (χ1) is 10.5. The molecule has 1 unspecified atom stereocenters. The van der Waals surface area contributed by atoms with Crippen LogP contribution in [-0.4, -0.2) is 40.8 Å². The van der Waals surface area contributed by atoms with Crippen LogP contribution in [0.5, 0.6) is 0 Å². The second-order valence-corrected chi connectivity index (χ2v) is 6.62. The van der Waals surface area contributed by atoms with Gasteiger partial charge in [0.2, 0.25) is 5.91 Å². The molecule has 6 heteroatoms. The van der Waals surface area contributed by atoms with Crippen LogP contribution >= 0.6 is 15.9 Å². The number of hydrogen-bond donors (Lipinski definition) is 2. The number of benzene rings is 1. The maximum absolute atomic E-state index is 12.7. The topological polar surface area (TPSA) is 65.2 Å². The van der Waals surface area contributed by atoms with E-state index < -0.39 is 0 Å². The summed E-state index contributed by atoms with van der Waals surface area (Å²) in [6.07, 6.45) is 1.82. The summed E-state index contributed by atoms with van der Waals surface area (Å²) < 4.78 is 0.988. The molecule has 2 amide bonds. The summed E-state index contributed by atoms with van der Waals surface area (Å²) in [7, 11) is 0. The van der Waals surface area contributed by atoms with E-state index in [0.29, 0.717) is 12.2 Å². The fraction of sp³-hybridized carbons (Fsp3) is 0.375. The molecule has 1 saturated heterocycles. The number of nitrogens with one attached hydrogen (secondary N) is 2. The Morgan fingerprint density at radius 1 is 1.36 bits per heavy atom. The zero-order valence-corrected chi connectivity index (χ0v) is 13.9. The van der Waals surface area contributed by atoms with E-state index in [1.807, 2.05) is 29.2 Å². The van der Waals surface area contributed by atoms with Crippen LogP contribution in [0.15, 0.2) is 28.7 Å². The van der Waals surface area contributed by atoms with E-state index in [4.69, 9.17) is 0 Å². The van der Waals surface area contributed by atoms with Crippen LogP contribution in [0.25, 0.3) is 10.9 Å². The number of piperidine rings is 1. The lowest BCUT2D eigenvalue weighted by Crippen LogP contribution is -2.49. The first kappa shape index (κ1) is 15.1. The molecule has 3 rings (SSSR count). The van der Waals surface area contributed by atoms with Gasteiger partial charge < -0.3 is 15.2 Å². The monoisotopic (exact) mass is 363 g/mol. The van der Waals surface area contributed by atoms with Crippen molar-refractivity contribution < 1.29 is 9.59 Å². The highest BCUT2D eigenvalue weighted by Crippen LogP contribution is 2.22. The quantitative estimate of drug-likeness (QED) is 0.861. The number of H-pyrrole nitrogens is 1. The van der Waals surface area contributed by atoms with Gasteiger partial charge in [0.05, 0.1) is 0 Å². The Hall–Kier alpha value is -1.82. The molecule has 2 aromatic rings.